The van der Waals surface area contributed by atoms with E-state index < -0.39 is 5.60 Å². The van der Waals surface area contributed by atoms with Gasteiger partial charge < -0.3 is 14.7 Å². The maximum Gasteiger partial charge on any atom is 0.159 e. The van der Waals surface area contributed by atoms with Gasteiger partial charge in [0.05, 0.1) is 35.4 Å². The second kappa shape index (κ2) is 6.50. The molecule has 32 heavy (non-hydrogen) atoms. The summed E-state index contributed by atoms with van der Waals surface area (Å²) in [6.07, 6.45) is 6.36. The summed E-state index contributed by atoms with van der Waals surface area (Å²) in [5, 5.41) is 25.9. The highest BCUT2D eigenvalue weighted by atomic mass is 16.5. The number of benzene rings is 1. The number of ether oxygens (including phenoxy) is 1. The van der Waals surface area contributed by atoms with Gasteiger partial charge in [0.1, 0.15) is 18.2 Å². The summed E-state index contributed by atoms with van der Waals surface area (Å²) in [5.74, 6) is 1.45. The Labute approximate surface area is 186 Å². The lowest BCUT2D eigenvalue weighted by Gasteiger charge is -2.39. The van der Waals surface area contributed by atoms with Gasteiger partial charge in [-0.15, -0.1) is 0 Å². The number of hydrogen-bond acceptors (Lipinski definition) is 7. The summed E-state index contributed by atoms with van der Waals surface area (Å²) in [5.41, 5.74) is 0.979. The van der Waals surface area contributed by atoms with E-state index >= 15 is 0 Å². The molecule has 6 rings (SSSR count). The van der Waals surface area contributed by atoms with Crippen LogP contribution in [0.4, 0.5) is 5.82 Å². The van der Waals surface area contributed by atoms with Crippen molar-refractivity contribution in [2.24, 2.45) is 5.41 Å². The Morgan fingerprint density at radius 1 is 1.22 bits per heavy atom. The number of aromatic nitrogens is 4. The second-order valence-electron chi connectivity index (χ2n) is 10.00. The average Bonchev–Trinajstić information content (AvgIpc) is 3.68. The quantitative estimate of drug-likeness (QED) is 0.679. The Morgan fingerprint density at radius 2 is 2.03 bits per heavy atom. The van der Waals surface area contributed by atoms with Crippen LogP contribution in [0, 0.1) is 16.7 Å². The third-order valence-corrected chi connectivity index (χ3v) is 7.53. The molecule has 1 N–H and O–H groups in total. The Morgan fingerprint density at radius 3 is 2.75 bits per heavy atom. The molecule has 2 saturated carbocycles. The van der Waals surface area contributed by atoms with Crippen LogP contribution in [0.1, 0.15) is 38.7 Å². The number of hydrogen-bond donors (Lipinski definition) is 1. The minimum atomic E-state index is -0.929. The van der Waals surface area contributed by atoms with Gasteiger partial charge in [0.25, 0.3) is 0 Å². The fourth-order valence-corrected chi connectivity index (χ4v) is 5.23. The summed E-state index contributed by atoms with van der Waals surface area (Å²) in [4.78, 5) is 11.1. The maximum absolute atomic E-state index is 10.4. The van der Waals surface area contributed by atoms with Crippen LogP contribution in [0.2, 0.25) is 0 Å². The smallest absolute Gasteiger partial charge is 0.159 e. The number of anilines is 1. The molecule has 3 aliphatic rings. The molecule has 0 amide bonds. The number of rotatable bonds is 4. The fourth-order valence-electron chi connectivity index (χ4n) is 5.23. The van der Waals surface area contributed by atoms with Crippen LogP contribution in [0.25, 0.3) is 16.7 Å². The number of aliphatic hydroxyl groups is 1. The van der Waals surface area contributed by atoms with Crippen molar-refractivity contribution in [2.75, 3.05) is 24.6 Å². The third-order valence-electron chi connectivity index (χ3n) is 7.53. The number of fused-ring (bicyclic) bond motifs is 1. The van der Waals surface area contributed by atoms with E-state index in [0.29, 0.717) is 25.5 Å². The number of nitriles is 1. The standard InChI is InChI=1S/C24H26N6O2/c1-22(2,31)19-12-29(7-8-32-19)20-10-21(27-15-26-20)30-18-9-17(4-3-16(18)11-28-30)24(14-25)13-23(24)5-6-23/h3-4,9-11,15,19,31H,5-8,12-13H2,1-2H3/t19-,24+/m0/s1. The maximum atomic E-state index is 10.4. The molecule has 0 radical (unpaired) electrons. The molecule has 2 aliphatic carbocycles. The zero-order valence-corrected chi connectivity index (χ0v) is 18.3. The first kappa shape index (κ1) is 19.6. The molecule has 164 valence electrons. The molecule has 8 nitrogen and oxygen atoms in total. The lowest BCUT2D eigenvalue weighted by Crippen LogP contribution is -2.52. The zero-order chi connectivity index (χ0) is 22.1. The van der Waals surface area contributed by atoms with Crippen LogP contribution >= 0.6 is 0 Å². The molecule has 1 spiro atoms. The van der Waals surface area contributed by atoms with Gasteiger partial charge in [-0.3, -0.25) is 0 Å². The van der Waals surface area contributed by atoms with Crippen LogP contribution < -0.4 is 4.90 Å². The summed E-state index contributed by atoms with van der Waals surface area (Å²) in [7, 11) is 0. The predicted molar refractivity (Wildman–Crippen MR) is 118 cm³/mol. The average molecular weight is 431 g/mol. The summed E-state index contributed by atoms with van der Waals surface area (Å²) in [6, 6.07) is 10.8. The van der Waals surface area contributed by atoms with Gasteiger partial charge >= 0.3 is 0 Å². The fraction of sp³-hybridized carbons (Fsp3) is 0.500. The van der Waals surface area contributed by atoms with Crippen LogP contribution in [-0.4, -0.2) is 56.3 Å². The van der Waals surface area contributed by atoms with Crippen molar-refractivity contribution in [2.45, 2.75) is 50.2 Å². The molecule has 3 aromatic rings. The Kier molecular flexibility index (Phi) is 3.99. The van der Waals surface area contributed by atoms with Crippen LogP contribution in [0.3, 0.4) is 0 Å². The van der Waals surface area contributed by atoms with E-state index in [0.717, 1.165) is 41.5 Å². The molecule has 1 aliphatic heterocycles. The highest BCUT2D eigenvalue weighted by Crippen LogP contribution is 2.78. The van der Waals surface area contributed by atoms with Crippen molar-refractivity contribution in [3.63, 3.8) is 0 Å². The van der Waals surface area contributed by atoms with E-state index in [-0.39, 0.29) is 16.9 Å². The van der Waals surface area contributed by atoms with Crippen molar-refractivity contribution < 1.29 is 9.84 Å². The Hall–Kier alpha value is -3.02. The van der Waals surface area contributed by atoms with Crippen molar-refractivity contribution in [3.05, 3.63) is 42.4 Å². The van der Waals surface area contributed by atoms with Gasteiger partial charge in [0.15, 0.2) is 5.82 Å². The van der Waals surface area contributed by atoms with E-state index in [1.807, 2.05) is 16.9 Å². The number of morpholine rings is 1. The van der Waals surface area contributed by atoms with Crippen molar-refractivity contribution in [1.29, 1.82) is 5.26 Å². The first-order valence-corrected chi connectivity index (χ1v) is 11.2. The lowest BCUT2D eigenvalue weighted by atomic mass is 9.93. The third kappa shape index (κ3) is 2.85. The first-order chi connectivity index (χ1) is 15.4. The minimum Gasteiger partial charge on any atom is -0.388 e. The summed E-state index contributed by atoms with van der Waals surface area (Å²) < 4.78 is 7.58. The predicted octanol–water partition coefficient (Wildman–Crippen LogP) is 2.74. The summed E-state index contributed by atoms with van der Waals surface area (Å²) in [6.45, 7) is 5.30. The Balaban J connectivity index is 1.35. The van der Waals surface area contributed by atoms with Gasteiger partial charge in [-0.25, -0.2) is 14.6 Å². The van der Waals surface area contributed by atoms with Crippen molar-refractivity contribution in [1.82, 2.24) is 19.7 Å². The van der Waals surface area contributed by atoms with E-state index in [1.54, 1.807) is 20.2 Å². The zero-order valence-electron chi connectivity index (χ0n) is 18.3. The lowest BCUT2D eigenvalue weighted by molar-refractivity contribution is -0.0929. The highest BCUT2D eigenvalue weighted by molar-refractivity contribution is 5.82. The van der Waals surface area contributed by atoms with Gasteiger partial charge in [-0.05, 0) is 50.2 Å². The molecule has 0 unspecified atom stereocenters. The van der Waals surface area contributed by atoms with E-state index in [9.17, 15) is 10.4 Å². The monoisotopic (exact) mass is 430 g/mol. The molecule has 2 aromatic heterocycles. The normalized spacial score (nSPS) is 26.3. The molecule has 0 bridgehead atoms. The SMILES string of the molecule is CC(C)(O)[C@@H]1CN(c2cc(-n3ncc4ccc([C@]5(C#N)CC56CC6)cc43)ncn2)CCO1. The van der Waals surface area contributed by atoms with Crippen molar-refractivity contribution >= 4 is 16.7 Å². The van der Waals surface area contributed by atoms with Crippen molar-refractivity contribution in [3.8, 4) is 11.9 Å². The molecule has 1 saturated heterocycles. The molecule has 8 heteroatoms. The Bertz CT molecular complexity index is 1250. The molecule has 2 atom stereocenters. The highest BCUT2D eigenvalue weighted by Gasteiger charge is 2.75. The number of nitrogens with zero attached hydrogens (tertiary/aromatic N) is 6. The van der Waals surface area contributed by atoms with Gasteiger partial charge in [0.2, 0.25) is 0 Å². The minimum absolute atomic E-state index is 0.218. The van der Waals surface area contributed by atoms with Gasteiger partial charge in [0, 0.05) is 24.5 Å². The topological polar surface area (TPSA) is 100 Å². The van der Waals surface area contributed by atoms with Crippen LogP contribution in [-0.2, 0) is 10.2 Å². The van der Waals surface area contributed by atoms with Crippen LogP contribution in [0.15, 0.2) is 36.8 Å². The van der Waals surface area contributed by atoms with E-state index in [2.05, 4.69) is 44.2 Å². The molecule has 3 fully saturated rings. The first-order valence-electron chi connectivity index (χ1n) is 11.2. The molecule has 3 heterocycles. The molecular formula is C24H26N6O2. The molecular weight excluding hydrogens is 404 g/mol. The van der Waals surface area contributed by atoms with E-state index in [1.165, 1.54) is 0 Å². The molecule has 1 aromatic carbocycles. The summed E-state index contributed by atoms with van der Waals surface area (Å²) >= 11 is 0. The van der Waals surface area contributed by atoms with Crippen LogP contribution in [0.5, 0.6) is 0 Å². The largest absolute Gasteiger partial charge is 0.388 e. The van der Waals surface area contributed by atoms with Gasteiger partial charge in [-0.2, -0.15) is 10.4 Å². The van der Waals surface area contributed by atoms with E-state index in [4.69, 9.17) is 4.74 Å². The van der Waals surface area contributed by atoms with Gasteiger partial charge in [-0.1, -0.05) is 12.1 Å². The second-order valence-corrected chi connectivity index (χ2v) is 10.00.